The predicted octanol–water partition coefficient (Wildman–Crippen LogP) is 4.71. The maximum atomic E-state index is 13.6. The van der Waals surface area contributed by atoms with Crippen molar-refractivity contribution < 1.29 is 27.8 Å². The molecule has 0 atom stereocenters. The zero-order chi connectivity index (χ0) is 22.2. The Hall–Kier alpha value is -2.67. The van der Waals surface area contributed by atoms with Crippen molar-refractivity contribution in [3.05, 3.63) is 59.1 Å². The van der Waals surface area contributed by atoms with Crippen LogP contribution in [0.2, 0.25) is 5.02 Å². The van der Waals surface area contributed by atoms with E-state index in [1.165, 1.54) is 12.1 Å². The van der Waals surface area contributed by atoms with E-state index < -0.39 is 11.6 Å². The maximum Gasteiger partial charge on any atom is 0.258 e. The predicted molar refractivity (Wildman–Crippen MR) is 112 cm³/mol. The molecular formula is C23H24ClF2NO4. The van der Waals surface area contributed by atoms with Crippen molar-refractivity contribution in [3.63, 3.8) is 0 Å². The molecule has 1 amide bonds. The van der Waals surface area contributed by atoms with Gasteiger partial charge in [0.05, 0.1) is 0 Å². The van der Waals surface area contributed by atoms with E-state index >= 15 is 0 Å². The number of Topliss-reactive ketones (excluding diaryl/α,β-unsaturated/α-hetero) is 1. The van der Waals surface area contributed by atoms with Crippen LogP contribution in [0.3, 0.4) is 0 Å². The molecule has 0 saturated heterocycles. The number of rotatable bonds is 9. The van der Waals surface area contributed by atoms with Gasteiger partial charge in [-0.05, 0) is 68.0 Å². The Labute approximate surface area is 184 Å². The highest BCUT2D eigenvalue weighted by Gasteiger charge is 2.24. The van der Waals surface area contributed by atoms with Crippen LogP contribution in [0, 0.1) is 17.6 Å². The number of benzene rings is 2. The summed E-state index contributed by atoms with van der Waals surface area (Å²) in [5, 5.41) is 3.55. The highest BCUT2D eigenvalue weighted by atomic mass is 35.5. The molecule has 2 aromatic rings. The number of halogens is 3. The zero-order valence-electron chi connectivity index (χ0n) is 16.9. The number of ketones is 1. The molecule has 31 heavy (non-hydrogen) atoms. The molecule has 3 rings (SSSR count). The third-order valence-electron chi connectivity index (χ3n) is 5.22. The Morgan fingerprint density at radius 1 is 0.968 bits per heavy atom. The molecule has 0 aromatic heterocycles. The van der Waals surface area contributed by atoms with Gasteiger partial charge in [0, 0.05) is 17.5 Å². The van der Waals surface area contributed by atoms with Gasteiger partial charge in [0.25, 0.3) is 5.91 Å². The van der Waals surface area contributed by atoms with Crippen molar-refractivity contribution in [1.29, 1.82) is 0 Å². The van der Waals surface area contributed by atoms with Crippen LogP contribution in [0.5, 0.6) is 11.5 Å². The molecule has 0 spiro atoms. The van der Waals surface area contributed by atoms with Crippen LogP contribution in [0.4, 0.5) is 8.78 Å². The standard InChI is InChI=1S/C23H24ClF2NO4/c24-16-6-10-19(11-7-16)30-14-22(29)27-17-8-4-15(5-9-17)12-18(28)13-31-21-3-1-2-20(25)23(21)26/h1-3,6-7,10-11,15,17H,4-5,8-9,12-14H2,(H,27,29). The lowest BCUT2D eigenvalue weighted by Crippen LogP contribution is -2.40. The lowest BCUT2D eigenvalue weighted by atomic mass is 9.83. The number of ether oxygens (including phenoxy) is 2. The number of amides is 1. The third kappa shape index (κ3) is 7.21. The van der Waals surface area contributed by atoms with E-state index in [0.29, 0.717) is 17.2 Å². The summed E-state index contributed by atoms with van der Waals surface area (Å²) in [5.41, 5.74) is 0. The van der Waals surface area contributed by atoms with Crippen LogP contribution < -0.4 is 14.8 Å². The van der Waals surface area contributed by atoms with Crippen LogP contribution >= 0.6 is 11.6 Å². The van der Waals surface area contributed by atoms with E-state index in [4.69, 9.17) is 21.1 Å². The van der Waals surface area contributed by atoms with Gasteiger partial charge in [0.1, 0.15) is 12.4 Å². The summed E-state index contributed by atoms with van der Waals surface area (Å²) in [4.78, 5) is 24.2. The van der Waals surface area contributed by atoms with Crippen LogP contribution in [-0.2, 0) is 9.59 Å². The Bertz CT molecular complexity index is 899. The molecule has 0 heterocycles. The summed E-state index contributed by atoms with van der Waals surface area (Å²) in [6.45, 7) is -0.368. The summed E-state index contributed by atoms with van der Waals surface area (Å²) in [6, 6.07) is 10.4. The molecule has 1 saturated carbocycles. The lowest BCUT2D eigenvalue weighted by molar-refractivity contribution is -0.125. The number of hydrogen-bond acceptors (Lipinski definition) is 4. The minimum Gasteiger partial charge on any atom is -0.484 e. The highest BCUT2D eigenvalue weighted by molar-refractivity contribution is 6.30. The van der Waals surface area contributed by atoms with Gasteiger partial charge in [-0.1, -0.05) is 17.7 Å². The first-order chi connectivity index (χ1) is 14.9. The zero-order valence-corrected chi connectivity index (χ0v) is 17.7. The first-order valence-electron chi connectivity index (χ1n) is 10.2. The van der Waals surface area contributed by atoms with Gasteiger partial charge in [-0.3, -0.25) is 9.59 Å². The second kappa shape index (κ2) is 11.1. The smallest absolute Gasteiger partial charge is 0.258 e. The fourth-order valence-electron chi connectivity index (χ4n) is 3.59. The summed E-state index contributed by atoms with van der Waals surface area (Å²) in [6.07, 6.45) is 3.44. The van der Waals surface area contributed by atoms with Gasteiger partial charge >= 0.3 is 0 Å². The fraction of sp³-hybridized carbons (Fsp3) is 0.391. The van der Waals surface area contributed by atoms with Crippen molar-refractivity contribution in [2.45, 2.75) is 38.1 Å². The topological polar surface area (TPSA) is 64.6 Å². The van der Waals surface area contributed by atoms with Crippen LogP contribution in [0.1, 0.15) is 32.1 Å². The van der Waals surface area contributed by atoms with Crippen molar-refractivity contribution in [2.24, 2.45) is 5.92 Å². The molecular weight excluding hydrogens is 428 g/mol. The van der Waals surface area contributed by atoms with E-state index in [2.05, 4.69) is 5.32 Å². The van der Waals surface area contributed by atoms with Gasteiger partial charge in [-0.2, -0.15) is 4.39 Å². The monoisotopic (exact) mass is 451 g/mol. The highest BCUT2D eigenvalue weighted by Crippen LogP contribution is 2.27. The number of carbonyl (C=O) groups excluding carboxylic acids is 2. The average Bonchev–Trinajstić information content (AvgIpc) is 2.76. The third-order valence-corrected chi connectivity index (χ3v) is 5.47. The molecule has 2 aromatic carbocycles. The van der Waals surface area contributed by atoms with Crippen LogP contribution in [0.25, 0.3) is 0 Å². The Kier molecular flexibility index (Phi) is 8.23. The van der Waals surface area contributed by atoms with E-state index in [1.807, 2.05) is 0 Å². The molecule has 1 aliphatic carbocycles. The molecule has 0 unspecified atom stereocenters. The molecule has 1 aliphatic rings. The maximum absolute atomic E-state index is 13.6. The molecule has 5 nitrogen and oxygen atoms in total. The fourth-order valence-corrected chi connectivity index (χ4v) is 3.72. The summed E-state index contributed by atoms with van der Waals surface area (Å²) in [5.74, 6) is -1.96. The van der Waals surface area contributed by atoms with Gasteiger partial charge in [0.15, 0.2) is 24.0 Å². The largest absolute Gasteiger partial charge is 0.484 e. The molecule has 166 valence electrons. The summed E-state index contributed by atoms with van der Waals surface area (Å²) in [7, 11) is 0. The van der Waals surface area contributed by atoms with Crippen LogP contribution in [0.15, 0.2) is 42.5 Å². The molecule has 1 N–H and O–H groups in total. The Balaban J connectivity index is 1.33. The average molecular weight is 452 g/mol. The number of carbonyl (C=O) groups is 2. The van der Waals surface area contributed by atoms with Gasteiger partial charge in [0.2, 0.25) is 5.82 Å². The second-order valence-electron chi connectivity index (χ2n) is 7.61. The van der Waals surface area contributed by atoms with E-state index in [-0.39, 0.29) is 42.6 Å². The lowest BCUT2D eigenvalue weighted by Gasteiger charge is -2.28. The van der Waals surface area contributed by atoms with E-state index in [0.717, 1.165) is 31.7 Å². The SMILES string of the molecule is O=C(COc1cccc(F)c1F)CC1CCC(NC(=O)COc2ccc(Cl)cc2)CC1. The quantitative estimate of drug-likeness (QED) is 0.599. The van der Waals surface area contributed by atoms with Crippen molar-refractivity contribution in [1.82, 2.24) is 5.32 Å². The Morgan fingerprint density at radius 3 is 2.39 bits per heavy atom. The molecule has 0 radical (unpaired) electrons. The van der Waals surface area contributed by atoms with Gasteiger partial charge in [-0.15, -0.1) is 0 Å². The van der Waals surface area contributed by atoms with Crippen LogP contribution in [-0.4, -0.2) is 30.9 Å². The van der Waals surface area contributed by atoms with Crippen molar-refractivity contribution in [2.75, 3.05) is 13.2 Å². The molecule has 1 fully saturated rings. The summed E-state index contributed by atoms with van der Waals surface area (Å²) < 4.78 is 37.3. The van der Waals surface area contributed by atoms with Gasteiger partial charge in [-0.25, -0.2) is 4.39 Å². The normalized spacial score (nSPS) is 18.3. The minimum atomic E-state index is -1.09. The summed E-state index contributed by atoms with van der Waals surface area (Å²) >= 11 is 5.81. The van der Waals surface area contributed by atoms with Gasteiger partial charge < -0.3 is 14.8 Å². The van der Waals surface area contributed by atoms with Crippen molar-refractivity contribution >= 4 is 23.3 Å². The molecule has 0 aliphatic heterocycles. The number of hydrogen-bond donors (Lipinski definition) is 1. The van der Waals surface area contributed by atoms with Crippen molar-refractivity contribution in [3.8, 4) is 11.5 Å². The van der Waals surface area contributed by atoms with E-state index in [1.54, 1.807) is 24.3 Å². The molecule has 0 bridgehead atoms. The second-order valence-corrected chi connectivity index (χ2v) is 8.05. The first kappa shape index (κ1) is 23.0. The first-order valence-corrected chi connectivity index (χ1v) is 10.5. The molecule has 8 heteroatoms. The Morgan fingerprint density at radius 2 is 1.68 bits per heavy atom. The van der Waals surface area contributed by atoms with E-state index in [9.17, 15) is 18.4 Å². The number of nitrogens with one attached hydrogen (secondary N) is 1. The minimum absolute atomic E-state index is 0.0466.